The number of nitrogens with one attached hydrogen (secondary N) is 1. The van der Waals surface area contributed by atoms with Crippen LogP contribution in [-0.2, 0) is 6.54 Å². The van der Waals surface area contributed by atoms with Crippen molar-refractivity contribution in [2.75, 3.05) is 20.6 Å². The van der Waals surface area contributed by atoms with Crippen molar-refractivity contribution < 1.29 is 5.11 Å². The SMILES string of the molecule is CN=C(NCC1(O)CCC1)N(C)Cc1ccc(Cl)c(Cl)c1. The molecule has 2 N–H and O–H groups in total. The molecule has 1 fully saturated rings. The number of hydrogen-bond acceptors (Lipinski definition) is 2. The highest BCUT2D eigenvalue weighted by atomic mass is 35.5. The molecule has 1 aliphatic carbocycles. The van der Waals surface area contributed by atoms with Crippen molar-refractivity contribution in [1.82, 2.24) is 10.2 Å². The molecule has 1 aliphatic rings. The van der Waals surface area contributed by atoms with Gasteiger partial charge in [-0.3, -0.25) is 4.99 Å². The van der Waals surface area contributed by atoms with Crippen molar-refractivity contribution in [3.63, 3.8) is 0 Å². The van der Waals surface area contributed by atoms with E-state index in [-0.39, 0.29) is 0 Å². The van der Waals surface area contributed by atoms with Crippen LogP contribution in [-0.4, -0.2) is 42.2 Å². The van der Waals surface area contributed by atoms with Crippen molar-refractivity contribution in [3.05, 3.63) is 33.8 Å². The quantitative estimate of drug-likeness (QED) is 0.659. The van der Waals surface area contributed by atoms with E-state index in [0.717, 1.165) is 30.8 Å². The maximum atomic E-state index is 10.1. The third kappa shape index (κ3) is 4.25. The largest absolute Gasteiger partial charge is 0.388 e. The standard InChI is InChI=1S/C15H21Cl2N3O/c1-18-14(19-10-15(21)6-3-7-15)20(2)9-11-4-5-12(16)13(17)8-11/h4-5,8,21H,3,6-7,9-10H2,1-2H3,(H,18,19). The van der Waals surface area contributed by atoms with E-state index in [1.54, 1.807) is 13.1 Å². The molecular weight excluding hydrogens is 309 g/mol. The number of benzene rings is 1. The molecule has 1 saturated carbocycles. The summed E-state index contributed by atoms with van der Waals surface area (Å²) in [6.07, 6.45) is 2.80. The summed E-state index contributed by atoms with van der Waals surface area (Å²) in [6, 6.07) is 5.59. The van der Waals surface area contributed by atoms with Gasteiger partial charge in [-0.05, 0) is 37.0 Å². The van der Waals surface area contributed by atoms with E-state index in [4.69, 9.17) is 23.2 Å². The van der Waals surface area contributed by atoms with Crippen molar-refractivity contribution >= 4 is 29.2 Å². The second-order valence-electron chi connectivity index (χ2n) is 5.58. The predicted octanol–water partition coefficient (Wildman–Crippen LogP) is 2.92. The average Bonchev–Trinajstić information content (AvgIpc) is 2.41. The lowest BCUT2D eigenvalue weighted by atomic mass is 9.80. The molecule has 0 aliphatic heterocycles. The maximum Gasteiger partial charge on any atom is 0.193 e. The Balaban J connectivity index is 1.93. The lowest BCUT2D eigenvalue weighted by Crippen LogP contribution is -2.50. The highest BCUT2D eigenvalue weighted by Crippen LogP contribution is 2.30. The number of nitrogens with zero attached hydrogens (tertiary/aromatic N) is 2. The number of halogens is 2. The average molecular weight is 330 g/mol. The number of hydrogen-bond donors (Lipinski definition) is 2. The molecule has 1 aromatic carbocycles. The third-order valence-corrected chi connectivity index (χ3v) is 4.58. The molecule has 0 bridgehead atoms. The fraction of sp³-hybridized carbons (Fsp3) is 0.533. The molecule has 0 radical (unpaired) electrons. The Labute approximate surface area is 135 Å². The molecule has 0 aromatic heterocycles. The van der Waals surface area contributed by atoms with Gasteiger partial charge in [-0.15, -0.1) is 0 Å². The van der Waals surface area contributed by atoms with Crippen LogP contribution in [0.15, 0.2) is 23.2 Å². The van der Waals surface area contributed by atoms with Crippen molar-refractivity contribution in [2.24, 2.45) is 4.99 Å². The molecular formula is C15H21Cl2N3O. The van der Waals surface area contributed by atoms with Gasteiger partial charge in [0, 0.05) is 27.2 Å². The van der Waals surface area contributed by atoms with Gasteiger partial charge in [-0.1, -0.05) is 29.3 Å². The molecule has 0 amide bonds. The minimum atomic E-state index is -0.569. The normalized spacial score (nSPS) is 17.3. The molecule has 1 aromatic rings. The number of aliphatic imine (C=N–C) groups is 1. The van der Waals surface area contributed by atoms with Gasteiger partial charge in [0.2, 0.25) is 0 Å². The molecule has 0 spiro atoms. The molecule has 4 nitrogen and oxygen atoms in total. The highest BCUT2D eigenvalue weighted by molar-refractivity contribution is 6.42. The zero-order chi connectivity index (χ0) is 15.5. The summed E-state index contributed by atoms with van der Waals surface area (Å²) in [7, 11) is 3.68. The van der Waals surface area contributed by atoms with Crippen LogP contribution in [0.25, 0.3) is 0 Å². The fourth-order valence-electron chi connectivity index (χ4n) is 2.38. The molecule has 0 heterocycles. The molecule has 0 saturated heterocycles. The van der Waals surface area contributed by atoms with E-state index in [2.05, 4.69) is 10.3 Å². The summed E-state index contributed by atoms with van der Waals surface area (Å²) < 4.78 is 0. The van der Waals surface area contributed by atoms with Crippen LogP contribution in [0.1, 0.15) is 24.8 Å². The van der Waals surface area contributed by atoms with Gasteiger partial charge in [0.1, 0.15) is 0 Å². The van der Waals surface area contributed by atoms with E-state index in [9.17, 15) is 5.11 Å². The van der Waals surface area contributed by atoms with Gasteiger partial charge in [0.15, 0.2) is 5.96 Å². The topological polar surface area (TPSA) is 47.9 Å². The van der Waals surface area contributed by atoms with Crippen LogP contribution < -0.4 is 5.32 Å². The lowest BCUT2D eigenvalue weighted by molar-refractivity contribution is -0.0282. The first-order valence-corrected chi connectivity index (χ1v) is 7.77. The fourth-order valence-corrected chi connectivity index (χ4v) is 2.70. The highest BCUT2D eigenvalue weighted by Gasteiger charge is 2.34. The Hall–Kier alpha value is -0.970. The van der Waals surface area contributed by atoms with E-state index in [0.29, 0.717) is 23.1 Å². The van der Waals surface area contributed by atoms with Gasteiger partial charge < -0.3 is 15.3 Å². The summed E-state index contributed by atoms with van der Waals surface area (Å²) in [5, 5.41) is 14.5. The van der Waals surface area contributed by atoms with Gasteiger partial charge in [0.05, 0.1) is 15.6 Å². The zero-order valence-electron chi connectivity index (χ0n) is 12.4. The van der Waals surface area contributed by atoms with Crippen LogP contribution in [0.3, 0.4) is 0 Å². The first-order chi connectivity index (χ1) is 9.93. The van der Waals surface area contributed by atoms with Crippen molar-refractivity contribution in [3.8, 4) is 0 Å². The van der Waals surface area contributed by atoms with Crippen LogP contribution in [0.2, 0.25) is 10.0 Å². The number of guanidine groups is 1. The third-order valence-electron chi connectivity index (χ3n) is 3.84. The van der Waals surface area contributed by atoms with Crippen molar-refractivity contribution in [2.45, 2.75) is 31.4 Å². The number of rotatable bonds is 4. The van der Waals surface area contributed by atoms with Gasteiger partial charge >= 0.3 is 0 Å². The Morgan fingerprint density at radius 1 is 1.38 bits per heavy atom. The molecule has 6 heteroatoms. The first-order valence-electron chi connectivity index (χ1n) is 7.02. The minimum Gasteiger partial charge on any atom is -0.388 e. The van der Waals surface area contributed by atoms with Gasteiger partial charge in [0.25, 0.3) is 0 Å². The van der Waals surface area contributed by atoms with Crippen LogP contribution >= 0.6 is 23.2 Å². The Morgan fingerprint density at radius 3 is 2.62 bits per heavy atom. The summed E-state index contributed by atoms with van der Waals surface area (Å²) in [4.78, 5) is 6.23. The Kier molecular flexibility index (Phi) is 5.36. The van der Waals surface area contributed by atoms with Crippen molar-refractivity contribution in [1.29, 1.82) is 0 Å². The maximum absolute atomic E-state index is 10.1. The van der Waals surface area contributed by atoms with Gasteiger partial charge in [-0.2, -0.15) is 0 Å². The molecule has 0 unspecified atom stereocenters. The zero-order valence-corrected chi connectivity index (χ0v) is 13.9. The van der Waals surface area contributed by atoms with E-state index >= 15 is 0 Å². The van der Waals surface area contributed by atoms with Crippen LogP contribution in [0.4, 0.5) is 0 Å². The Bertz CT molecular complexity index is 530. The van der Waals surface area contributed by atoms with Gasteiger partial charge in [-0.25, -0.2) is 0 Å². The first kappa shape index (κ1) is 16.4. The van der Waals surface area contributed by atoms with Crippen LogP contribution in [0, 0.1) is 0 Å². The van der Waals surface area contributed by atoms with E-state index < -0.39 is 5.60 Å². The minimum absolute atomic E-state index is 0.533. The summed E-state index contributed by atoms with van der Waals surface area (Å²) in [5.41, 5.74) is 0.484. The summed E-state index contributed by atoms with van der Waals surface area (Å²) in [6.45, 7) is 1.19. The molecule has 21 heavy (non-hydrogen) atoms. The number of aliphatic hydroxyl groups is 1. The van der Waals surface area contributed by atoms with E-state index in [1.165, 1.54) is 0 Å². The predicted molar refractivity (Wildman–Crippen MR) is 88.1 cm³/mol. The molecule has 2 rings (SSSR count). The molecule has 116 valence electrons. The summed E-state index contributed by atoms with van der Waals surface area (Å²) >= 11 is 11.9. The Morgan fingerprint density at radius 2 is 2.10 bits per heavy atom. The smallest absolute Gasteiger partial charge is 0.193 e. The second-order valence-corrected chi connectivity index (χ2v) is 6.40. The monoisotopic (exact) mass is 329 g/mol. The second kappa shape index (κ2) is 6.86. The molecule has 0 atom stereocenters. The lowest BCUT2D eigenvalue weighted by Gasteiger charge is -2.37. The van der Waals surface area contributed by atoms with Crippen LogP contribution in [0.5, 0.6) is 0 Å². The summed E-state index contributed by atoms with van der Waals surface area (Å²) in [5.74, 6) is 0.751. The van der Waals surface area contributed by atoms with E-state index in [1.807, 2.05) is 24.1 Å².